The molecule has 0 aliphatic heterocycles. The van der Waals surface area contributed by atoms with Crippen LogP contribution in [0.15, 0.2) is 36.5 Å². The summed E-state index contributed by atoms with van der Waals surface area (Å²) in [6, 6.07) is 0. The lowest BCUT2D eigenvalue weighted by Crippen LogP contribution is -2.18. The highest BCUT2D eigenvalue weighted by Crippen LogP contribution is 2.16. The van der Waals surface area contributed by atoms with E-state index in [0.29, 0.717) is 13.0 Å². The summed E-state index contributed by atoms with van der Waals surface area (Å²) >= 11 is 4.89. The van der Waals surface area contributed by atoms with Crippen LogP contribution in [0.5, 0.6) is 0 Å². The van der Waals surface area contributed by atoms with Gasteiger partial charge in [-0.2, -0.15) is 0 Å². The quantitative estimate of drug-likeness (QED) is 0.131. The Bertz CT molecular complexity index is 410. The van der Waals surface area contributed by atoms with Crippen molar-refractivity contribution in [3.63, 3.8) is 0 Å². The smallest absolute Gasteiger partial charge is 0.309 e. The van der Waals surface area contributed by atoms with Crippen molar-refractivity contribution in [2.75, 3.05) is 6.61 Å². The zero-order valence-electron chi connectivity index (χ0n) is 16.1. The number of hydrogen-bond acceptors (Lipinski definition) is 3. The van der Waals surface area contributed by atoms with Crippen molar-refractivity contribution in [2.45, 2.75) is 78.1 Å². The predicted molar refractivity (Wildman–Crippen MR) is 113 cm³/mol. The first-order valence-electron chi connectivity index (χ1n) is 9.81. The number of thiocarbonyl (C=S) groups is 1. The molecule has 0 saturated carbocycles. The van der Waals surface area contributed by atoms with Gasteiger partial charge in [0.25, 0.3) is 0 Å². The topological polar surface area (TPSA) is 26.3 Å². The van der Waals surface area contributed by atoms with Gasteiger partial charge in [0.05, 0.1) is 12.5 Å². The highest BCUT2D eigenvalue weighted by molar-refractivity contribution is 7.78. The zero-order valence-corrected chi connectivity index (χ0v) is 16.9. The number of carbonyl (C=O) groups excluding carboxylic acids is 1. The molecule has 0 aromatic rings. The Morgan fingerprint density at radius 3 is 2.20 bits per heavy atom. The number of hydrogen-bond donors (Lipinski definition) is 0. The summed E-state index contributed by atoms with van der Waals surface area (Å²) in [6.07, 6.45) is 23.9. The zero-order chi connectivity index (χ0) is 18.6. The Morgan fingerprint density at radius 1 is 0.920 bits per heavy atom. The van der Waals surface area contributed by atoms with Crippen LogP contribution in [0.25, 0.3) is 0 Å². The maximum atomic E-state index is 11.8. The number of allylic oxidation sites excluding steroid dienone is 6. The standard InChI is InChI=1S/C22H36O2S/c1-3-5-6-7-8-9-10-11-12-13-14-15-16-17-18-21(19-20-25)22(23)24-4-2/h5-6,8-9,11-12,20-21H,3-4,7,10,13-19H2,1-2H3. The molecule has 2 nitrogen and oxygen atoms in total. The molecule has 25 heavy (non-hydrogen) atoms. The summed E-state index contributed by atoms with van der Waals surface area (Å²) in [5.74, 6) is -0.138. The van der Waals surface area contributed by atoms with Gasteiger partial charge < -0.3 is 4.74 Å². The minimum Gasteiger partial charge on any atom is -0.466 e. The van der Waals surface area contributed by atoms with E-state index >= 15 is 0 Å². The summed E-state index contributed by atoms with van der Waals surface area (Å²) in [4.78, 5) is 11.8. The minimum absolute atomic E-state index is 0.0451. The van der Waals surface area contributed by atoms with Gasteiger partial charge in [-0.3, -0.25) is 4.79 Å². The lowest BCUT2D eigenvalue weighted by molar-refractivity contribution is -0.148. The van der Waals surface area contributed by atoms with Crippen LogP contribution in [0.2, 0.25) is 0 Å². The normalized spacial score (nSPS) is 13.0. The van der Waals surface area contributed by atoms with E-state index in [4.69, 9.17) is 17.0 Å². The highest BCUT2D eigenvalue weighted by atomic mass is 32.1. The van der Waals surface area contributed by atoms with Crippen LogP contribution < -0.4 is 0 Å². The molecule has 1 atom stereocenters. The first-order valence-corrected chi connectivity index (χ1v) is 10.3. The van der Waals surface area contributed by atoms with E-state index < -0.39 is 0 Å². The third kappa shape index (κ3) is 16.0. The van der Waals surface area contributed by atoms with E-state index in [9.17, 15) is 4.79 Å². The van der Waals surface area contributed by atoms with Crippen LogP contribution >= 0.6 is 12.2 Å². The average molecular weight is 365 g/mol. The second-order valence-corrected chi connectivity index (χ2v) is 6.47. The summed E-state index contributed by atoms with van der Waals surface area (Å²) in [5, 5.41) is 1.65. The molecule has 0 spiro atoms. The third-order valence-electron chi connectivity index (χ3n) is 3.95. The number of ether oxygens (including phenoxy) is 1. The van der Waals surface area contributed by atoms with Crippen LogP contribution in [0.1, 0.15) is 78.1 Å². The Kier molecular flexibility index (Phi) is 18.2. The molecule has 0 aromatic carbocycles. The van der Waals surface area contributed by atoms with Gasteiger partial charge in [-0.25, -0.2) is 0 Å². The van der Waals surface area contributed by atoms with E-state index in [2.05, 4.69) is 43.4 Å². The lowest BCUT2D eigenvalue weighted by atomic mass is 9.98. The van der Waals surface area contributed by atoms with E-state index in [0.717, 1.165) is 38.5 Å². The van der Waals surface area contributed by atoms with Gasteiger partial charge in [0, 0.05) is 0 Å². The monoisotopic (exact) mass is 364 g/mol. The SMILES string of the molecule is CCC=CCC=CCC=CCCCCCCC(CC=S)C(=O)OCC. The van der Waals surface area contributed by atoms with Crippen LogP contribution in [0.4, 0.5) is 0 Å². The second kappa shape index (κ2) is 19.1. The van der Waals surface area contributed by atoms with Crippen LogP contribution in [0.3, 0.4) is 0 Å². The predicted octanol–water partition coefficient (Wildman–Crippen LogP) is 6.75. The second-order valence-electron chi connectivity index (χ2n) is 6.14. The fourth-order valence-corrected chi connectivity index (χ4v) is 2.77. The average Bonchev–Trinajstić information content (AvgIpc) is 2.61. The first-order chi connectivity index (χ1) is 12.3. The van der Waals surface area contributed by atoms with Crippen molar-refractivity contribution in [1.82, 2.24) is 0 Å². The summed E-state index contributed by atoms with van der Waals surface area (Å²) < 4.78 is 5.10. The highest BCUT2D eigenvalue weighted by Gasteiger charge is 2.17. The Hall–Kier alpha value is -1.22. The van der Waals surface area contributed by atoms with Crippen LogP contribution in [-0.2, 0) is 9.53 Å². The number of carbonyl (C=O) groups is 1. The van der Waals surface area contributed by atoms with Crippen molar-refractivity contribution < 1.29 is 9.53 Å². The van der Waals surface area contributed by atoms with E-state index in [1.807, 2.05) is 6.92 Å². The molecule has 1 unspecified atom stereocenters. The van der Waals surface area contributed by atoms with Crippen molar-refractivity contribution >= 4 is 23.6 Å². The van der Waals surface area contributed by atoms with E-state index in [1.54, 1.807) is 5.37 Å². The maximum absolute atomic E-state index is 11.8. The maximum Gasteiger partial charge on any atom is 0.309 e. The van der Waals surface area contributed by atoms with Crippen molar-refractivity contribution in [3.05, 3.63) is 36.5 Å². The Morgan fingerprint density at radius 2 is 1.56 bits per heavy atom. The van der Waals surface area contributed by atoms with Crippen molar-refractivity contribution in [1.29, 1.82) is 0 Å². The van der Waals surface area contributed by atoms with Gasteiger partial charge >= 0.3 is 5.97 Å². The number of rotatable bonds is 16. The fourth-order valence-electron chi connectivity index (χ4n) is 2.54. The molecule has 0 rings (SSSR count). The fraction of sp³-hybridized carbons (Fsp3) is 0.636. The molecule has 3 heteroatoms. The molecule has 0 heterocycles. The summed E-state index contributed by atoms with van der Waals surface area (Å²) in [5.41, 5.74) is 0. The summed E-state index contributed by atoms with van der Waals surface area (Å²) in [7, 11) is 0. The molecular weight excluding hydrogens is 328 g/mol. The first kappa shape index (κ1) is 23.8. The Labute approximate surface area is 160 Å². The molecular formula is C22H36O2S. The van der Waals surface area contributed by atoms with Crippen molar-refractivity contribution in [3.8, 4) is 0 Å². The van der Waals surface area contributed by atoms with Gasteiger partial charge in [-0.05, 0) is 57.2 Å². The molecule has 0 N–H and O–H groups in total. The largest absolute Gasteiger partial charge is 0.466 e. The summed E-state index contributed by atoms with van der Waals surface area (Å²) in [6.45, 7) is 4.45. The Balaban J connectivity index is 3.61. The number of esters is 1. The molecule has 0 saturated heterocycles. The molecule has 0 aliphatic rings. The van der Waals surface area contributed by atoms with Crippen LogP contribution in [-0.4, -0.2) is 17.9 Å². The third-order valence-corrected chi connectivity index (χ3v) is 4.15. The van der Waals surface area contributed by atoms with Gasteiger partial charge in [0.2, 0.25) is 0 Å². The van der Waals surface area contributed by atoms with Gasteiger partial charge in [-0.1, -0.05) is 74.9 Å². The van der Waals surface area contributed by atoms with Crippen LogP contribution in [0, 0.1) is 5.92 Å². The molecule has 142 valence electrons. The van der Waals surface area contributed by atoms with Gasteiger partial charge in [-0.15, -0.1) is 0 Å². The molecule has 0 amide bonds. The van der Waals surface area contributed by atoms with E-state index in [-0.39, 0.29) is 11.9 Å². The van der Waals surface area contributed by atoms with Gasteiger partial charge in [0.15, 0.2) is 0 Å². The van der Waals surface area contributed by atoms with Crippen molar-refractivity contribution in [2.24, 2.45) is 5.92 Å². The van der Waals surface area contributed by atoms with Gasteiger partial charge in [0.1, 0.15) is 0 Å². The van der Waals surface area contributed by atoms with E-state index in [1.165, 1.54) is 19.3 Å². The molecule has 0 fully saturated rings. The molecule has 0 aliphatic carbocycles. The molecule has 0 aromatic heterocycles. The number of unbranched alkanes of at least 4 members (excludes halogenated alkanes) is 4. The lowest BCUT2D eigenvalue weighted by Gasteiger charge is -2.12. The molecule has 0 bridgehead atoms. The minimum atomic E-state index is -0.0928. The molecule has 0 radical (unpaired) electrons.